The molecule has 0 N–H and O–H groups in total. The number of fused-ring (bicyclic) bond motifs is 1. The number of ether oxygens (including phenoxy) is 1. The second-order valence-corrected chi connectivity index (χ2v) is 10.2. The Morgan fingerprint density at radius 3 is 2.17 bits per heavy atom. The number of hydrogen-bond acceptors (Lipinski definition) is 4. The number of thiophene rings is 1. The van der Waals surface area contributed by atoms with Crippen molar-refractivity contribution in [2.45, 2.75) is 62.4 Å². The van der Waals surface area contributed by atoms with Gasteiger partial charge in [-0.3, -0.25) is 4.90 Å². The summed E-state index contributed by atoms with van der Waals surface area (Å²) in [5.74, 6) is 0. The van der Waals surface area contributed by atoms with E-state index in [-0.39, 0.29) is 13.1 Å². The number of likely N-dealkylation sites (tertiary alicyclic amines) is 2. The van der Waals surface area contributed by atoms with Gasteiger partial charge in [-0.2, -0.15) is 39.5 Å². The minimum Gasteiger partial charge on any atom is -0.426 e. The van der Waals surface area contributed by atoms with Crippen LogP contribution in [0.15, 0.2) is 24.3 Å². The van der Waals surface area contributed by atoms with E-state index in [4.69, 9.17) is 0 Å². The van der Waals surface area contributed by atoms with E-state index in [1.807, 2.05) is 0 Å². The highest BCUT2D eigenvalue weighted by molar-refractivity contribution is 7.19. The van der Waals surface area contributed by atoms with Crippen LogP contribution in [0.2, 0.25) is 0 Å². The lowest BCUT2D eigenvalue weighted by atomic mass is 9.85. The lowest BCUT2D eigenvalue weighted by molar-refractivity contribution is -0.308. The van der Waals surface area contributed by atoms with Gasteiger partial charge in [-0.05, 0) is 61.9 Å². The lowest BCUT2D eigenvalue weighted by Crippen LogP contribution is -2.54. The highest BCUT2D eigenvalue weighted by Gasteiger charge is 2.60. The van der Waals surface area contributed by atoms with Crippen LogP contribution < -0.4 is 0 Å². The normalized spacial score (nSPS) is 19.6. The zero-order chi connectivity index (χ0) is 26.5. The van der Waals surface area contributed by atoms with E-state index in [0.29, 0.717) is 36.0 Å². The molecule has 4 rings (SSSR count). The molecule has 14 heteroatoms. The molecule has 0 bridgehead atoms. The number of halogens is 9. The fourth-order valence-corrected chi connectivity index (χ4v) is 6.01. The molecule has 2 fully saturated rings. The Morgan fingerprint density at radius 2 is 1.58 bits per heavy atom. The highest BCUT2D eigenvalue weighted by atomic mass is 32.1. The van der Waals surface area contributed by atoms with Crippen LogP contribution in [0.4, 0.5) is 44.3 Å². The smallest absolute Gasteiger partial charge is 0.426 e. The summed E-state index contributed by atoms with van der Waals surface area (Å²) in [5.41, 5.74) is -1.15. The van der Waals surface area contributed by atoms with Gasteiger partial charge in [0.15, 0.2) is 0 Å². The van der Waals surface area contributed by atoms with E-state index in [1.54, 1.807) is 6.07 Å². The first kappa shape index (κ1) is 26.8. The number of hydrogen-bond donors (Lipinski definition) is 0. The van der Waals surface area contributed by atoms with Crippen molar-refractivity contribution in [3.63, 3.8) is 0 Å². The first-order chi connectivity index (χ1) is 16.6. The third kappa shape index (κ3) is 5.53. The van der Waals surface area contributed by atoms with Gasteiger partial charge < -0.3 is 9.64 Å². The van der Waals surface area contributed by atoms with Crippen LogP contribution in [-0.2, 0) is 17.5 Å². The number of benzene rings is 1. The Kier molecular flexibility index (Phi) is 6.90. The van der Waals surface area contributed by atoms with Gasteiger partial charge in [0, 0.05) is 34.8 Å². The van der Waals surface area contributed by atoms with Crippen LogP contribution in [0.25, 0.3) is 10.1 Å². The molecule has 2 aliphatic heterocycles. The number of carbonyl (C=O) groups is 1. The Morgan fingerprint density at radius 1 is 0.944 bits per heavy atom. The van der Waals surface area contributed by atoms with E-state index in [0.717, 1.165) is 34.8 Å². The van der Waals surface area contributed by atoms with Gasteiger partial charge in [-0.1, -0.05) is 0 Å². The third-order valence-corrected chi connectivity index (χ3v) is 7.85. The predicted octanol–water partition coefficient (Wildman–Crippen LogP) is 6.98. The van der Waals surface area contributed by atoms with E-state index >= 15 is 0 Å². The number of amides is 1. The summed E-state index contributed by atoms with van der Waals surface area (Å²) >= 11 is 1.36. The zero-order valence-electron chi connectivity index (χ0n) is 18.6. The quantitative estimate of drug-likeness (QED) is 0.388. The molecule has 3 heterocycles. The summed E-state index contributed by atoms with van der Waals surface area (Å²) in [7, 11) is 0. The van der Waals surface area contributed by atoms with Crippen molar-refractivity contribution in [1.29, 1.82) is 0 Å². The minimum atomic E-state index is -5.78. The summed E-state index contributed by atoms with van der Waals surface area (Å²) < 4.78 is 120. The first-order valence-corrected chi connectivity index (χ1v) is 11.8. The third-order valence-electron chi connectivity index (χ3n) is 6.75. The van der Waals surface area contributed by atoms with Crippen LogP contribution in [0.3, 0.4) is 0 Å². The summed E-state index contributed by atoms with van der Waals surface area (Å²) in [5, 5.41) is 0.472. The molecule has 1 aromatic carbocycles. The molecule has 0 radical (unpaired) electrons. The maximum Gasteiger partial charge on any atom is 0.434 e. The van der Waals surface area contributed by atoms with E-state index in [9.17, 15) is 44.3 Å². The summed E-state index contributed by atoms with van der Waals surface area (Å²) in [6.45, 7) is 0.977. The molecule has 0 aliphatic carbocycles. The van der Waals surface area contributed by atoms with Gasteiger partial charge in [-0.15, -0.1) is 11.3 Å². The van der Waals surface area contributed by atoms with Crippen LogP contribution in [0.5, 0.6) is 0 Å². The molecule has 36 heavy (non-hydrogen) atoms. The Balaban J connectivity index is 1.41. The average Bonchev–Trinajstić information content (AvgIpc) is 3.33. The maximum absolute atomic E-state index is 13.0. The highest BCUT2D eigenvalue weighted by Crippen LogP contribution is 2.42. The van der Waals surface area contributed by atoms with Gasteiger partial charge in [0.2, 0.25) is 0 Å². The molecular weight excluding hydrogens is 527 g/mol. The standard InChI is InChI=1S/C22H21F9N2O2S/c23-20(24,25)14-2-3-16-13(10-14)11-15(36-16)12-33-7-1-4-19(33)5-8-32(9-6-19)18(34)35-17(21(26,27)28)22(29,30)31/h2-3,10-11,17H,1,4-9,12H2. The molecule has 1 amide bonds. The van der Waals surface area contributed by atoms with Crippen molar-refractivity contribution in [3.05, 3.63) is 34.7 Å². The Hall–Kier alpha value is -2.22. The van der Waals surface area contributed by atoms with Crippen LogP contribution in [-0.4, -0.2) is 59.5 Å². The molecule has 1 aromatic heterocycles. The average molecular weight is 548 g/mol. The zero-order valence-corrected chi connectivity index (χ0v) is 19.4. The first-order valence-electron chi connectivity index (χ1n) is 11.0. The van der Waals surface area contributed by atoms with Crippen LogP contribution >= 0.6 is 11.3 Å². The second kappa shape index (κ2) is 9.26. The minimum absolute atomic E-state index is 0.0703. The Bertz CT molecular complexity index is 1090. The van der Waals surface area contributed by atoms with Gasteiger partial charge >= 0.3 is 24.6 Å². The number of carbonyl (C=O) groups excluding carboxylic acids is 1. The molecule has 0 atom stereocenters. The van der Waals surface area contributed by atoms with E-state index < -0.39 is 41.8 Å². The van der Waals surface area contributed by atoms with Crippen molar-refractivity contribution in [1.82, 2.24) is 9.80 Å². The molecule has 2 aromatic rings. The van der Waals surface area contributed by atoms with Gasteiger partial charge in [-0.25, -0.2) is 4.79 Å². The summed E-state index contributed by atoms with van der Waals surface area (Å²) in [6.07, 6.45) is -19.7. The number of alkyl halides is 9. The lowest BCUT2D eigenvalue weighted by Gasteiger charge is -2.45. The largest absolute Gasteiger partial charge is 0.434 e. The second-order valence-electron chi connectivity index (χ2n) is 9.05. The van der Waals surface area contributed by atoms with Crippen LogP contribution in [0.1, 0.15) is 36.1 Å². The van der Waals surface area contributed by atoms with Crippen LogP contribution in [0, 0.1) is 0 Å². The van der Waals surface area contributed by atoms with E-state index in [1.165, 1.54) is 17.4 Å². The molecule has 4 nitrogen and oxygen atoms in total. The van der Waals surface area contributed by atoms with Gasteiger partial charge in [0.1, 0.15) is 0 Å². The fourth-order valence-electron chi connectivity index (χ4n) is 4.95. The molecule has 0 saturated carbocycles. The topological polar surface area (TPSA) is 32.8 Å². The summed E-state index contributed by atoms with van der Waals surface area (Å²) in [4.78, 5) is 15.9. The van der Waals surface area contributed by atoms with Crippen molar-refractivity contribution in [2.75, 3.05) is 19.6 Å². The molecule has 0 unspecified atom stereocenters. The maximum atomic E-state index is 13.0. The van der Waals surface area contributed by atoms with Crippen molar-refractivity contribution < 1.29 is 49.0 Å². The Labute approximate surface area is 203 Å². The fraction of sp³-hybridized carbons (Fsp3) is 0.591. The number of nitrogens with zero attached hydrogens (tertiary/aromatic N) is 2. The van der Waals surface area contributed by atoms with Gasteiger partial charge in [0.25, 0.3) is 6.10 Å². The SMILES string of the molecule is O=C(OC(C(F)(F)F)C(F)(F)F)N1CCC2(CCCN2Cc2cc3cc(C(F)(F)F)ccc3s2)CC1. The molecule has 200 valence electrons. The van der Waals surface area contributed by atoms with Gasteiger partial charge in [0.05, 0.1) is 5.56 Å². The monoisotopic (exact) mass is 548 g/mol. The van der Waals surface area contributed by atoms with Crippen molar-refractivity contribution in [3.8, 4) is 0 Å². The number of piperidine rings is 1. The van der Waals surface area contributed by atoms with Crippen molar-refractivity contribution in [2.24, 2.45) is 0 Å². The summed E-state index contributed by atoms with van der Waals surface area (Å²) in [6, 6.07) is 5.23. The molecule has 2 saturated heterocycles. The van der Waals surface area contributed by atoms with E-state index in [2.05, 4.69) is 9.64 Å². The number of rotatable bonds is 3. The predicted molar refractivity (Wildman–Crippen MR) is 112 cm³/mol. The van der Waals surface area contributed by atoms with Crippen molar-refractivity contribution >= 4 is 27.5 Å². The molecule has 2 aliphatic rings. The molecular formula is C22H21F9N2O2S. The molecule has 1 spiro atoms.